The van der Waals surface area contributed by atoms with Crippen molar-refractivity contribution in [2.24, 2.45) is 0 Å². The Hall–Kier alpha value is -2.69. The van der Waals surface area contributed by atoms with Crippen molar-refractivity contribution in [3.8, 4) is 0 Å². The van der Waals surface area contributed by atoms with Crippen LogP contribution in [0.2, 0.25) is 0 Å². The summed E-state index contributed by atoms with van der Waals surface area (Å²) in [5.41, 5.74) is 2.47. The zero-order chi connectivity index (χ0) is 15.5. The fourth-order valence-corrected chi connectivity index (χ4v) is 2.43. The number of nitrogens with zero attached hydrogens (tertiary/aromatic N) is 2. The van der Waals surface area contributed by atoms with Gasteiger partial charge in [-0.25, -0.2) is 9.37 Å². The second kappa shape index (κ2) is 5.97. The number of fused-ring (bicyclic) bond motifs is 1. The highest BCUT2D eigenvalue weighted by atomic mass is 19.1. The van der Waals surface area contributed by atoms with Crippen molar-refractivity contribution in [3.63, 3.8) is 0 Å². The third-order valence-corrected chi connectivity index (χ3v) is 3.64. The van der Waals surface area contributed by atoms with Gasteiger partial charge in [0.2, 0.25) is 0 Å². The Labute approximate surface area is 127 Å². The largest absolute Gasteiger partial charge is 0.344 e. The van der Waals surface area contributed by atoms with Crippen LogP contribution >= 0.6 is 0 Å². The van der Waals surface area contributed by atoms with Crippen LogP contribution < -0.4 is 0 Å². The van der Waals surface area contributed by atoms with E-state index in [-0.39, 0.29) is 11.5 Å². The van der Waals surface area contributed by atoms with Gasteiger partial charge in [0.1, 0.15) is 11.3 Å². The van der Waals surface area contributed by atoms with E-state index in [9.17, 15) is 9.18 Å². The van der Waals surface area contributed by atoms with E-state index in [0.29, 0.717) is 17.6 Å². The smallest absolute Gasteiger partial charge is 0.255 e. The number of benzene rings is 2. The van der Waals surface area contributed by atoms with Crippen molar-refractivity contribution in [1.29, 1.82) is 0 Å². The molecular formula is C17H16FN3O. The maximum atomic E-state index is 13.6. The molecule has 0 atom stereocenters. The van der Waals surface area contributed by atoms with Crippen molar-refractivity contribution in [2.45, 2.75) is 6.42 Å². The highest BCUT2D eigenvalue weighted by molar-refractivity contribution is 6.04. The van der Waals surface area contributed by atoms with Crippen LogP contribution in [0.25, 0.3) is 11.0 Å². The first kappa shape index (κ1) is 14.3. The lowest BCUT2D eigenvalue weighted by Gasteiger charge is -2.17. The first-order valence-electron chi connectivity index (χ1n) is 7.07. The summed E-state index contributed by atoms with van der Waals surface area (Å²) >= 11 is 0. The number of carbonyl (C=O) groups excluding carboxylic acids is 1. The van der Waals surface area contributed by atoms with Crippen LogP contribution in [0.1, 0.15) is 15.9 Å². The van der Waals surface area contributed by atoms with Crippen molar-refractivity contribution in [1.82, 2.24) is 14.9 Å². The van der Waals surface area contributed by atoms with Gasteiger partial charge in [-0.3, -0.25) is 4.79 Å². The van der Waals surface area contributed by atoms with Crippen LogP contribution in [0.3, 0.4) is 0 Å². The van der Waals surface area contributed by atoms with Gasteiger partial charge >= 0.3 is 0 Å². The van der Waals surface area contributed by atoms with Gasteiger partial charge in [0.25, 0.3) is 5.91 Å². The summed E-state index contributed by atoms with van der Waals surface area (Å²) in [6, 6.07) is 12.5. The Balaban J connectivity index is 1.78. The second-order valence-corrected chi connectivity index (χ2v) is 5.21. The molecule has 1 aromatic heterocycles. The first-order valence-corrected chi connectivity index (χ1v) is 7.07. The fourth-order valence-electron chi connectivity index (χ4n) is 2.43. The third kappa shape index (κ3) is 2.83. The quantitative estimate of drug-likeness (QED) is 0.804. The predicted octanol–water partition coefficient (Wildman–Crippen LogP) is 3.02. The number of H-pyrrole nitrogens is 1. The maximum absolute atomic E-state index is 13.6. The van der Waals surface area contributed by atoms with Gasteiger partial charge < -0.3 is 9.88 Å². The Kier molecular flexibility index (Phi) is 3.87. The number of rotatable bonds is 4. The van der Waals surface area contributed by atoms with Gasteiger partial charge in [-0.15, -0.1) is 0 Å². The molecule has 5 heteroatoms. The SMILES string of the molecule is CN(CCc1ccccc1)C(=O)c1cc(F)cc2[nH]cnc12. The van der Waals surface area contributed by atoms with E-state index in [1.807, 2.05) is 30.3 Å². The Morgan fingerprint density at radius 1 is 1.27 bits per heavy atom. The summed E-state index contributed by atoms with van der Waals surface area (Å²) in [6.07, 6.45) is 2.22. The monoisotopic (exact) mass is 297 g/mol. The Morgan fingerprint density at radius 2 is 2.05 bits per heavy atom. The summed E-state index contributed by atoms with van der Waals surface area (Å²) < 4.78 is 13.6. The van der Waals surface area contributed by atoms with Crippen LogP contribution in [0.4, 0.5) is 4.39 Å². The summed E-state index contributed by atoms with van der Waals surface area (Å²) in [4.78, 5) is 21.1. The number of aromatic amines is 1. The molecule has 3 rings (SSSR count). The van der Waals surface area contributed by atoms with Crippen molar-refractivity contribution in [3.05, 3.63) is 65.7 Å². The number of aromatic nitrogens is 2. The summed E-state index contributed by atoms with van der Waals surface area (Å²) in [6.45, 7) is 0.561. The molecule has 0 radical (unpaired) electrons. The first-order chi connectivity index (χ1) is 10.6. The van der Waals surface area contributed by atoms with Crippen LogP contribution in [0.5, 0.6) is 0 Å². The summed E-state index contributed by atoms with van der Waals surface area (Å²) in [5.74, 6) is -0.677. The van der Waals surface area contributed by atoms with E-state index in [0.717, 1.165) is 12.0 Å². The van der Waals surface area contributed by atoms with Crippen molar-refractivity contribution in [2.75, 3.05) is 13.6 Å². The third-order valence-electron chi connectivity index (χ3n) is 3.64. The standard InChI is InChI=1S/C17H16FN3O/c1-21(8-7-12-5-3-2-4-6-12)17(22)14-9-13(18)10-15-16(14)20-11-19-15/h2-6,9-11H,7-8H2,1H3,(H,19,20). The van der Waals surface area contributed by atoms with Gasteiger partial charge in [-0.1, -0.05) is 30.3 Å². The number of halogens is 1. The molecule has 0 saturated heterocycles. The number of hydrogen-bond donors (Lipinski definition) is 1. The Morgan fingerprint density at radius 3 is 2.82 bits per heavy atom. The van der Waals surface area contributed by atoms with Crippen LogP contribution in [0, 0.1) is 5.82 Å². The molecule has 112 valence electrons. The van der Waals surface area contributed by atoms with Gasteiger partial charge in [0.15, 0.2) is 0 Å². The van der Waals surface area contributed by atoms with Gasteiger partial charge in [0.05, 0.1) is 17.4 Å². The summed E-state index contributed by atoms with van der Waals surface area (Å²) in [5, 5.41) is 0. The lowest BCUT2D eigenvalue weighted by Crippen LogP contribution is -2.29. The molecule has 0 aliphatic heterocycles. The lowest BCUT2D eigenvalue weighted by molar-refractivity contribution is 0.0798. The zero-order valence-corrected chi connectivity index (χ0v) is 12.2. The molecule has 1 amide bonds. The van der Waals surface area contributed by atoms with Gasteiger partial charge in [-0.2, -0.15) is 0 Å². The van der Waals surface area contributed by atoms with Crippen molar-refractivity contribution >= 4 is 16.9 Å². The second-order valence-electron chi connectivity index (χ2n) is 5.21. The molecule has 0 spiro atoms. The molecule has 2 aromatic carbocycles. The number of amides is 1. The number of likely N-dealkylation sites (N-methyl/N-ethyl adjacent to an activating group) is 1. The molecule has 1 heterocycles. The fraction of sp³-hybridized carbons (Fsp3) is 0.176. The molecule has 0 aliphatic carbocycles. The van der Waals surface area contributed by atoms with Crippen molar-refractivity contribution < 1.29 is 9.18 Å². The number of carbonyl (C=O) groups is 1. The normalized spacial score (nSPS) is 10.8. The molecule has 0 saturated carbocycles. The van der Waals surface area contributed by atoms with Crippen LogP contribution in [0.15, 0.2) is 48.8 Å². The van der Waals surface area contributed by atoms with E-state index in [1.54, 1.807) is 11.9 Å². The van der Waals surface area contributed by atoms with E-state index in [2.05, 4.69) is 9.97 Å². The topological polar surface area (TPSA) is 49.0 Å². The molecule has 0 unspecified atom stereocenters. The zero-order valence-electron chi connectivity index (χ0n) is 12.2. The average Bonchev–Trinajstić information content (AvgIpc) is 3.00. The molecule has 22 heavy (non-hydrogen) atoms. The molecule has 0 aliphatic rings. The highest BCUT2D eigenvalue weighted by Crippen LogP contribution is 2.18. The van der Waals surface area contributed by atoms with E-state index >= 15 is 0 Å². The molecule has 3 aromatic rings. The molecular weight excluding hydrogens is 281 g/mol. The predicted molar refractivity (Wildman–Crippen MR) is 83.2 cm³/mol. The molecule has 4 nitrogen and oxygen atoms in total. The van der Waals surface area contributed by atoms with Gasteiger partial charge in [0, 0.05) is 13.6 Å². The minimum atomic E-state index is -0.448. The number of imidazole rings is 1. The maximum Gasteiger partial charge on any atom is 0.255 e. The number of nitrogens with one attached hydrogen (secondary N) is 1. The average molecular weight is 297 g/mol. The molecule has 0 bridgehead atoms. The Bertz CT molecular complexity index is 798. The lowest BCUT2D eigenvalue weighted by atomic mass is 10.1. The minimum Gasteiger partial charge on any atom is -0.344 e. The van der Waals surface area contributed by atoms with E-state index in [4.69, 9.17) is 0 Å². The van der Waals surface area contributed by atoms with Gasteiger partial charge in [-0.05, 0) is 24.1 Å². The highest BCUT2D eigenvalue weighted by Gasteiger charge is 2.17. The summed E-state index contributed by atoms with van der Waals surface area (Å²) in [7, 11) is 1.72. The van der Waals surface area contributed by atoms with Crippen LogP contribution in [-0.4, -0.2) is 34.4 Å². The van der Waals surface area contributed by atoms with Crippen LogP contribution in [-0.2, 0) is 6.42 Å². The van der Waals surface area contributed by atoms with E-state index in [1.165, 1.54) is 18.5 Å². The minimum absolute atomic E-state index is 0.229. The molecule has 0 fully saturated rings. The van der Waals surface area contributed by atoms with E-state index < -0.39 is 5.82 Å². The molecule has 1 N–H and O–H groups in total. The number of hydrogen-bond acceptors (Lipinski definition) is 2.